The van der Waals surface area contributed by atoms with Crippen molar-refractivity contribution >= 4 is 32.4 Å². The van der Waals surface area contributed by atoms with Crippen LogP contribution in [0.5, 0.6) is 0 Å². The summed E-state index contributed by atoms with van der Waals surface area (Å²) in [6.45, 7) is 1.84. The smallest absolute Gasteiger partial charge is 0.0840 e. The molecule has 0 saturated carbocycles. The van der Waals surface area contributed by atoms with Crippen molar-refractivity contribution in [1.29, 1.82) is 0 Å². The summed E-state index contributed by atoms with van der Waals surface area (Å²) in [7, 11) is 0. The van der Waals surface area contributed by atoms with Gasteiger partial charge in [0, 0.05) is 10.0 Å². The first kappa shape index (κ1) is 10.8. The largest absolute Gasteiger partial charge is 0.411 e. The second-order valence-corrected chi connectivity index (χ2v) is 5.26. The normalized spacial score (nSPS) is 14.6. The van der Waals surface area contributed by atoms with Gasteiger partial charge in [-0.05, 0) is 47.7 Å². The summed E-state index contributed by atoms with van der Waals surface area (Å²) < 4.78 is 1.07. The van der Waals surface area contributed by atoms with E-state index in [0.717, 1.165) is 22.9 Å². The fourth-order valence-corrected chi connectivity index (χ4v) is 3.25. The van der Waals surface area contributed by atoms with E-state index in [-0.39, 0.29) is 0 Å². The number of hydrogen-bond acceptors (Lipinski definition) is 2. The fourth-order valence-electron chi connectivity index (χ4n) is 2.69. The summed E-state index contributed by atoms with van der Waals surface area (Å²) in [6.07, 6.45) is 2.11. The van der Waals surface area contributed by atoms with Gasteiger partial charge in [-0.1, -0.05) is 39.3 Å². The van der Waals surface area contributed by atoms with Crippen molar-refractivity contribution in [2.45, 2.75) is 19.8 Å². The highest BCUT2D eigenvalue weighted by Gasteiger charge is 2.20. The molecule has 2 aromatic carbocycles. The Morgan fingerprint density at radius 1 is 1.35 bits per heavy atom. The topological polar surface area (TPSA) is 32.6 Å². The van der Waals surface area contributed by atoms with Gasteiger partial charge in [0.05, 0.1) is 5.71 Å². The van der Waals surface area contributed by atoms with E-state index in [1.165, 1.54) is 21.9 Å². The van der Waals surface area contributed by atoms with Crippen molar-refractivity contribution in [1.82, 2.24) is 0 Å². The number of halogens is 1. The summed E-state index contributed by atoms with van der Waals surface area (Å²) in [4.78, 5) is 0. The van der Waals surface area contributed by atoms with Crippen LogP contribution < -0.4 is 0 Å². The van der Waals surface area contributed by atoms with Gasteiger partial charge in [-0.2, -0.15) is 0 Å². The first-order chi connectivity index (χ1) is 8.22. The molecule has 2 aromatic rings. The lowest BCUT2D eigenvalue weighted by molar-refractivity contribution is 0.319. The minimum atomic E-state index is 0.680. The van der Waals surface area contributed by atoms with Crippen LogP contribution in [0.15, 0.2) is 33.9 Å². The van der Waals surface area contributed by atoms with E-state index in [9.17, 15) is 0 Å². The average Bonchev–Trinajstić information content (AvgIpc) is 2.78. The van der Waals surface area contributed by atoms with Crippen molar-refractivity contribution < 1.29 is 5.21 Å². The minimum Gasteiger partial charge on any atom is -0.411 e. The number of aryl methyl sites for hydroxylation is 2. The van der Waals surface area contributed by atoms with Crippen molar-refractivity contribution in [3.05, 3.63) is 45.4 Å². The molecule has 3 heteroatoms. The summed E-state index contributed by atoms with van der Waals surface area (Å²) >= 11 is 3.60. The second-order valence-electron chi connectivity index (χ2n) is 4.41. The maximum atomic E-state index is 8.96. The molecule has 0 fully saturated rings. The molecule has 0 unspecified atom stereocenters. The van der Waals surface area contributed by atoms with Crippen molar-refractivity contribution in [2.24, 2.45) is 5.16 Å². The van der Waals surface area contributed by atoms with Crippen LogP contribution >= 0.6 is 15.9 Å². The average molecular weight is 290 g/mol. The first-order valence-electron chi connectivity index (χ1n) is 5.64. The van der Waals surface area contributed by atoms with E-state index < -0.39 is 0 Å². The summed E-state index contributed by atoms with van der Waals surface area (Å²) in [5.74, 6) is 0. The first-order valence-corrected chi connectivity index (χ1v) is 6.43. The molecule has 0 heterocycles. The monoisotopic (exact) mass is 289 g/mol. The zero-order valence-electron chi connectivity index (χ0n) is 9.50. The Morgan fingerprint density at radius 2 is 2.18 bits per heavy atom. The predicted molar refractivity (Wildman–Crippen MR) is 73.1 cm³/mol. The maximum Gasteiger partial charge on any atom is 0.0840 e. The molecule has 0 atom stereocenters. The van der Waals surface area contributed by atoms with E-state index in [2.05, 4.69) is 45.4 Å². The molecule has 0 bridgehead atoms. The van der Waals surface area contributed by atoms with Crippen LogP contribution in [0.25, 0.3) is 10.8 Å². The molecular formula is C14H12BrNO. The SMILES string of the molecule is C/C(=N/O)c1cc(Br)c2cccc3c2c1CC3. The minimum absolute atomic E-state index is 0.680. The maximum absolute atomic E-state index is 8.96. The number of hydrogen-bond donors (Lipinski definition) is 1. The van der Waals surface area contributed by atoms with Gasteiger partial charge < -0.3 is 5.21 Å². The Kier molecular flexibility index (Phi) is 2.44. The molecule has 0 radical (unpaired) electrons. The molecule has 3 rings (SSSR count). The molecule has 17 heavy (non-hydrogen) atoms. The van der Waals surface area contributed by atoms with Crippen LogP contribution in [0.4, 0.5) is 0 Å². The standard InChI is InChI=1S/C14H12BrNO/c1-8(16-17)12-7-13(15)11-4-2-3-9-5-6-10(12)14(9)11/h2-4,7,17H,5-6H2,1H3/b16-8-. The highest BCUT2D eigenvalue weighted by Crippen LogP contribution is 2.37. The van der Waals surface area contributed by atoms with E-state index in [1.807, 2.05) is 6.92 Å². The van der Waals surface area contributed by atoms with Gasteiger partial charge in [0.2, 0.25) is 0 Å². The van der Waals surface area contributed by atoms with Crippen LogP contribution in [-0.4, -0.2) is 10.9 Å². The molecule has 0 aromatic heterocycles. The lowest BCUT2D eigenvalue weighted by atomic mass is 9.98. The van der Waals surface area contributed by atoms with Crippen LogP contribution in [0, 0.1) is 0 Å². The summed E-state index contributed by atoms with van der Waals surface area (Å²) in [5, 5.41) is 14.9. The van der Waals surface area contributed by atoms with Gasteiger partial charge >= 0.3 is 0 Å². The van der Waals surface area contributed by atoms with Crippen molar-refractivity contribution in [3.63, 3.8) is 0 Å². The molecular weight excluding hydrogens is 278 g/mol. The number of benzene rings is 2. The molecule has 1 aliphatic rings. The van der Waals surface area contributed by atoms with Gasteiger partial charge in [-0.15, -0.1) is 0 Å². The molecule has 0 saturated heterocycles. The van der Waals surface area contributed by atoms with E-state index in [0.29, 0.717) is 5.71 Å². The molecule has 1 aliphatic carbocycles. The summed E-state index contributed by atoms with van der Waals surface area (Å²) in [5.41, 5.74) is 4.44. The van der Waals surface area contributed by atoms with Crippen LogP contribution in [0.1, 0.15) is 23.6 Å². The third-order valence-electron chi connectivity index (χ3n) is 3.49. The summed E-state index contributed by atoms with van der Waals surface area (Å²) in [6, 6.07) is 8.47. The molecule has 0 aliphatic heterocycles. The Morgan fingerprint density at radius 3 is 2.94 bits per heavy atom. The quantitative estimate of drug-likeness (QED) is 0.482. The molecule has 2 nitrogen and oxygen atoms in total. The Balaban J connectivity index is 2.45. The Hall–Kier alpha value is -1.35. The Bertz CT molecular complexity index is 646. The lowest BCUT2D eigenvalue weighted by Gasteiger charge is -2.10. The predicted octanol–water partition coefficient (Wildman–Crippen LogP) is 3.90. The van der Waals surface area contributed by atoms with E-state index in [4.69, 9.17) is 5.21 Å². The highest BCUT2D eigenvalue weighted by molar-refractivity contribution is 9.10. The van der Waals surface area contributed by atoms with Crippen LogP contribution in [0.2, 0.25) is 0 Å². The second kappa shape index (κ2) is 3.84. The van der Waals surface area contributed by atoms with Crippen molar-refractivity contribution in [2.75, 3.05) is 0 Å². The zero-order valence-corrected chi connectivity index (χ0v) is 11.1. The van der Waals surface area contributed by atoms with E-state index >= 15 is 0 Å². The third kappa shape index (κ3) is 1.49. The highest BCUT2D eigenvalue weighted by atomic mass is 79.9. The van der Waals surface area contributed by atoms with Gasteiger partial charge in [0.1, 0.15) is 0 Å². The molecule has 86 valence electrons. The third-order valence-corrected chi connectivity index (χ3v) is 4.15. The fraction of sp³-hybridized carbons (Fsp3) is 0.214. The molecule has 0 amide bonds. The van der Waals surface area contributed by atoms with Gasteiger partial charge in [0.25, 0.3) is 0 Å². The van der Waals surface area contributed by atoms with Crippen molar-refractivity contribution in [3.8, 4) is 0 Å². The van der Waals surface area contributed by atoms with Gasteiger partial charge in [-0.3, -0.25) is 0 Å². The lowest BCUT2D eigenvalue weighted by Crippen LogP contribution is -2.00. The van der Waals surface area contributed by atoms with Gasteiger partial charge in [0.15, 0.2) is 0 Å². The van der Waals surface area contributed by atoms with Crippen LogP contribution in [-0.2, 0) is 12.8 Å². The molecule has 0 spiro atoms. The number of nitrogens with zero attached hydrogens (tertiary/aromatic N) is 1. The number of rotatable bonds is 1. The number of oxime groups is 1. The Labute approximate surface area is 108 Å². The van der Waals surface area contributed by atoms with Crippen LogP contribution in [0.3, 0.4) is 0 Å². The molecule has 1 N–H and O–H groups in total. The van der Waals surface area contributed by atoms with Gasteiger partial charge in [-0.25, -0.2) is 0 Å². The van der Waals surface area contributed by atoms with E-state index in [1.54, 1.807) is 0 Å². The zero-order chi connectivity index (χ0) is 12.0.